The molecule has 0 aromatic heterocycles. The smallest absolute Gasteiger partial charge is 0.0294 e. The second-order valence-electron chi connectivity index (χ2n) is 4.49. The van der Waals surface area contributed by atoms with E-state index in [9.17, 15) is 0 Å². The lowest BCUT2D eigenvalue weighted by atomic mass is 10.1. The molecule has 1 heterocycles. The summed E-state index contributed by atoms with van der Waals surface area (Å²) in [4.78, 5) is 4.63. The highest BCUT2D eigenvalue weighted by molar-refractivity contribution is 4.78. The van der Waals surface area contributed by atoms with Crippen LogP contribution in [0.4, 0.5) is 0 Å². The van der Waals surface area contributed by atoms with Gasteiger partial charge in [-0.1, -0.05) is 6.08 Å². The lowest BCUT2D eigenvalue weighted by molar-refractivity contribution is 0.232. The van der Waals surface area contributed by atoms with Gasteiger partial charge < -0.3 is 15.1 Å². The molecule has 0 spiro atoms. The minimum absolute atomic E-state index is 0.736. The zero-order valence-electron chi connectivity index (χ0n) is 10.4. The molecule has 3 heteroatoms. The van der Waals surface area contributed by atoms with E-state index in [0.717, 1.165) is 19.1 Å². The zero-order valence-corrected chi connectivity index (χ0v) is 10.4. The van der Waals surface area contributed by atoms with Crippen LogP contribution in [-0.2, 0) is 0 Å². The van der Waals surface area contributed by atoms with Gasteiger partial charge in [0, 0.05) is 26.2 Å². The summed E-state index contributed by atoms with van der Waals surface area (Å²) < 4.78 is 0. The average molecular weight is 211 g/mol. The highest BCUT2D eigenvalue weighted by Crippen LogP contribution is 2.07. The fraction of sp³-hybridized carbons (Fsp3) is 0.833. The number of rotatable bonds is 5. The largest absolute Gasteiger partial charge is 0.379 e. The third-order valence-electron chi connectivity index (χ3n) is 3.02. The number of nitrogens with zero attached hydrogens (tertiary/aromatic N) is 2. The van der Waals surface area contributed by atoms with Gasteiger partial charge in [0.2, 0.25) is 0 Å². The topological polar surface area (TPSA) is 18.5 Å². The number of allylic oxidation sites excluding steroid dienone is 1. The van der Waals surface area contributed by atoms with E-state index >= 15 is 0 Å². The summed E-state index contributed by atoms with van der Waals surface area (Å²) in [5.74, 6) is 0. The van der Waals surface area contributed by atoms with E-state index in [1.807, 2.05) is 0 Å². The fourth-order valence-electron chi connectivity index (χ4n) is 1.99. The Labute approximate surface area is 94.1 Å². The van der Waals surface area contributed by atoms with Gasteiger partial charge in [0.15, 0.2) is 0 Å². The number of hydrogen-bond acceptors (Lipinski definition) is 3. The number of piperidine rings is 1. The molecule has 3 nitrogen and oxygen atoms in total. The summed E-state index contributed by atoms with van der Waals surface area (Å²) in [6, 6.07) is 0.736. The van der Waals surface area contributed by atoms with Crippen LogP contribution in [0.1, 0.15) is 19.8 Å². The maximum Gasteiger partial charge on any atom is 0.0294 e. The van der Waals surface area contributed by atoms with Crippen LogP contribution < -0.4 is 5.32 Å². The molecule has 0 radical (unpaired) electrons. The third kappa shape index (κ3) is 5.19. The van der Waals surface area contributed by atoms with Crippen molar-refractivity contribution in [2.45, 2.75) is 25.8 Å². The Hall–Kier alpha value is -0.540. The van der Waals surface area contributed by atoms with Gasteiger partial charge in [-0.2, -0.15) is 0 Å². The molecule has 0 aliphatic carbocycles. The number of likely N-dealkylation sites (tertiary alicyclic amines) is 1. The Kier molecular flexibility index (Phi) is 5.73. The monoisotopic (exact) mass is 211 g/mol. The van der Waals surface area contributed by atoms with Gasteiger partial charge in [-0.25, -0.2) is 0 Å². The Bertz CT molecular complexity index is 183. The van der Waals surface area contributed by atoms with Gasteiger partial charge in [-0.15, -0.1) is 0 Å². The van der Waals surface area contributed by atoms with Crippen LogP contribution in [0.15, 0.2) is 12.3 Å². The van der Waals surface area contributed by atoms with Crippen LogP contribution in [0.3, 0.4) is 0 Å². The predicted octanol–water partition coefficient (Wildman–Crippen LogP) is 1.14. The van der Waals surface area contributed by atoms with Crippen molar-refractivity contribution in [3.05, 3.63) is 12.3 Å². The molecule has 0 unspecified atom stereocenters. The molecule has 0 bridgehead atoms. The van der Waals surface area contributed by atoms with E-state index in [-0.39, 0.29) is 0 Å². The van der Waals surface area contributed by atoms with Gasteiger partial charge >= 0.3 is 0 Å². The first-order valence-corrected chi connectivity index (χ1v) is 5.97. The van der Waals surface area contributed by atoms with E-state index < -0.39 is 0 Å². The second-order valence-corrected chi connectivity index (χ2v) is 4.49. The highest BCUT2D eigenvalue weighted by Gasteiger charge is 2.15. The van der Waals surface area contributed by atoms with Gasteiger partial charge in [-0.05, 0) is 46.1 Å². The zero-order chi connectivity index (χ0) is 11.1. The van der Waals surface area contributed by atoms with Crippen LogP contribution in [0.2, 0.25) is 0 Å². The fourth-order valence-corrected chi connectivity index (χ4v) is 1.99. The highest BCUT2D eigenvalue weighted by atomic mass is 15.1. The molecule has 0 saturated carbocycles. The molecule has 0 amide bonds. The summed E-state index contributed by atoms with van der Waals surface area (Å²) in [5.41, 5.74) is 0. The van der Waals surface area contributed by atoms with Crippen LogP contribution >= 0.6 is 0 Å². The van der Waals surface area contributed by atoms with Crippen LogP contribution in [0.5, 0.6) is 0 Å². The van der Waals surface area contributed by atoms with Crippen molar-refractivity contribution in [1.82, 2.24) is 15.1 Å². The summed E-state index contributed by atoms with van der Waals surface area (Å²) in [5, 5.41) is 3.63. The predicted molar refractivity (Wildman–Crippen MR) is 66.0 cm³/mol. The van der Waals surface area contributed by atoms with Crippen molar-refractivity contribution in [2.75, 3.05) is 40.3 Å². The van der Waals surface area contributed by atoms with Gasteiger partial charge in [0.05, 0.1) is 0 Å². The average Bonchev–Trinajstić information content (AvgIpc) is 2.21. The van der Waals surface area contributed by atoms with Crippen molar-refractivity contribution in [2.24, 2.45) is 0 Å². The SMILES string of the molecule is C/C=C\N(C)CCNC1CCN(C)CC1. The summed E-state index contributed by atoms with van der Waals surface area (Å²) in [6.45, 7) is 6.72. The van der Waals surface area contributed by atoms with Crippen molar-refractivity contribution < 1.29 is 0 Å². The lowest BCUT2D eigenvalue weighted by Gasteiger charge is -2.30. The molecular formula is C12H25N3. The molecule has 1 aliphatic heterocycles. The Morgan fingerprint density at radius 3 is 2.67 bits per heavy atom. The van der Waals surface area contributed by atoms with Gasteiger partial charge in [0.1, 0.15) is 0 Å². The van der Waals surface area contributed by atoms with Crippen molar-refractivity contribution >= 4 is 0 Å². The first kappa shape index (κ1) is 12.5. The van der Waals surface area contributed by atoms with Crippen LogP contribution in [-0.4, -0.2) is 56.1 Å². The standard InChI is InChI=1S/C12H25N3/c1-4-8-14(2)11-7-13-12-5-9-15(3)10-6-12/h4,8,12-13H,5-7,9-11H2,1-3H3/b8-4-. The summed E-state index contributed by atoms with van der Waals surface area (Å²) in [6.07, 6.45) is 6.79. The first-order chi connectivity index (χ1) is 7.22. The van der Waals surface area contributed by atoms with Crippen molar-refractivity contribution in [1.29, 1.82) is 0 Å². The van der Waals surface area contributed by atoms with Crippen molar-refractivity contribution in [3.63, 3.8) is 0 Å². The first-order valence-electron chi connectivity index (χ1n) is 5.97. The van der Waals surface area contributed by atoms with Crippen LogP contribution in [0, 0.1) is 0 Å². The quantitative estimate of drug-likeness (QED) is 0.735. The molecule has 1 N–H and O–H groups in total. The molecule has 88 valence electrons. The molecule has 1 rings (SSSR count). The van der Waals surface area contributed by atoms with E-state index in [1.165, 1.54) is 25.9 Å². The molecule has 0 atom stereocenters. The lowest BCUT2D eigenvalue weighted by Crippen LogP contribution is -2.42. The molecule has 15 heavy (non-hydrogen) atoms. The molecule has 1 fully saturated rings. The van der Waals surface area contributed by atoms with E-state index in [2.05, 4.69) is 48.4 Å². The molecular weight excluding hydrogens is 186 g/mol. The number of likely N-dealkylation sites (N-methyl/N-ethyl adjacent to an activating group) is 1. The summed E-state index contributed by atoms with van der Waals surface area (Å²) >= 11 is 0. The molecule has 1 saturated heterocycles. The normalized spacial score (nSPS) is 19.9. The Morgan fingerprint density at radius 1 is 1.40 bits per heavy atom. The molecule has 1 aliphatic rings. The van der Waals surface area contributed by atoms with Gasteiger partial charge in [0.25, 0.3) is 0 Å². The molecule has 0 aromatic carbocycles. The summed E-state index contributed by atoms with van der Waals surface area (Å²) in [7, 11) is 4.33. The number of hydrogen-bond donors (Lipinski definition) is 1. The minimum Gasteiger partial charge on any atom is -0.379 e. The van der Waals surface area contributed by atoms with Crippen LogP contribution in [0.25, 0.3) is 0 Å². The third-order valence-corrected chi connectivity index (χ3v) is 3.02. The van der Waals surface area contributed by atoms with E-state index in [0.29, 0.717) is 0 Å². The second kappa shape index (κ2) is 6.85. The van der Waals surface area contributed by atoms with E-state index in [1.54, 1.807) is 0 Å². The van der Waals surface area contributed by atoms with E-state index in [4.69, 9.17) is 0 Å². The maximum absolute atomic E-state index is 3.63. The minimum atomic E-state index is 0.736. The van der Waals surface area contributed by atoms with Gasteiger partial charge in [-0.3, -0.25) is 0 Å². The maximum atomic E-state index is 3.63. The molecule has 0 aromatic rings. The number of nitrogens with one attached hydrogen (secondary N) is 1. The Morgan fingerprint density at radius 2 is 2.07 bits per heavy atom. The Balaban J connectivity index is 2.05. The van der Waals surface area contributed by atoms with Crippen molar-refractivity contribution in [3.8, 4) is 0 Å².